The van der Waals surface area contributed by atoms with Gasteiger partial charge in [-0.25, -0.2) is 0 Å². The first-order valence-corrected chi connectivity index (χ1v) is 9.22. The van der Waals surface area contributed by atoms with Crippen LogP contribution in [0.15, 0.2) is 12.3 Å². The number of hydrogen-bond acceptors (Lipinski definition) is 5. The van der Waals surface area contributed by atoms with Crippen LogP contribution in [0.3, 0.4) is 0 Å². The molecular formula is C19H29N5. The molecule has 0 saturated carbocycles. The summed E-state index contributed by atoms with van der Waals surface area (Å²) in [6.45, 7) is 10.1. The summed E-state index contributed by atoms with van der Waals surface area (Å²) in [5, 5.41) is 9.26. The first-order valence-electron chi connectivity index (χ1n) is 9.22. The van der Waals surface area contributed by atoms with E-state index in [0.29, 0.717) is 0 Å². The van der Waals surface area contributed by atoms with Gasteiger partial charge in [0, 0.05) is 45.0 Å². The molecular weight excluding hydrogens is 298 g/mol. The Kier molecular flexibility index (Phi) is 5.83. The molecule has 130 valence electrons. The van der Waals surface area contributed by atoms with Gasteiger partial charge in [-0.3, -0.25) is 14.8 Å². The molecule has 0 aliphatic carbocycles. The molecule has 0 atom stereocenters. The third-order valence-corrected chi connectivity index (χ3v) is 5.50. The second-order valence-electron chi connectivity index (χ2n) is 7.15. The Hall–Kier alpha value is -1.48. The van der Waals surface area contributed by atoms with E-state index in [0.717, 1.165) is 43.4 Å². The molecule has 3 heterocycles. The number of nitriles is 1. The van der Waals surface area contributed by atoms with Gasteiger partial charge in [0.15, 0.2) is 0 Å². The quantitative estimate of drug-likeness (QED) is 0.843. The standard InChI is InChI=1S/C19H29N5/c1-3-19-17(13-20)12-16(14-21-19)15-23-6-4-18(5-7-23)24-10-8-22(2)9-11-24/h12,14,18H,3-11,15H2,1-2H3. The van der Waals surface area contributed by atoms with Crippen LogP contribution in [0.5, 0.6) is 0 Å². The van der Waals surface area contributed by atoms with Crippen molar-refractivity contribution in [2.75, 3.05) is 46.3 Å². The number of piperidine rings is 1. The van der Waals surface area contributed by atoms with Crippen molar-refractivity contribution in [3.8, 4) is 6.07 Å². The van der Waals surface area contributed by atoms with Crippen LogP contribution in [0.4, 0.5) is 0 Å². The fraction of sp³-hybridized carbons (Fsp3) is 0.684. The Morgan fingerprint density at radius 2 is 1.88 bits per heavy atom. The maximum atomic E-state index is 9.26. The maximum absolute atomic E-state index is 9.26. The minimum Gasteiger partial charge on any atom is -0.304 e. The van der Waals surface area contributed by atoms with Crippen LogP contribution in [0, 0.1) is 11.3 Å². The second kappa shape index (κ2) is 8.06. The van der Waals surface area contributed by atoms with Crippen molar-refractivity contribution < 1.29 is 0 Å². The van der Waals surface area contributed by atoms with Crippen LogP contribution in [0.25, 0.3) is 0 Å². The molecule has 2 aliphatic heterocycles. The van der Waals surface area contributed by atoms with E-state index in [1.807, 2.05) is 19.2 Å². The van der Waals surface area contributed by atoms with E-state index in [1.54, 1.807) is 0 Å². The summed E-state index contributed by atoms with van der Waals surface area (Å²) < 4.78 is 0. The highest BCUT2D eigenvalue weighted by atomic mass is 15.3. The predicted molar refractivity (Wildman–Crippen MR) is 95.7 cm³/mol. The van der Waals surface area contributed by atoms with Crippen LogP contribution >= 0.6 is 0 Å². The number of hydrogen-bond donors (Lipinski definition) is 0. The van der Waals surface area contributed by atoms with Crippen LogP contribution in [-0.2, 0) is 13.0 Å². The lowest BCUT2D eigenvalue weighted by atomic mass is 10.0. The van der Waals surface area contributed by atoms with E-state index in [-0.39, 0.29) is 0 Å². The fourth-order valence-electron chi connectivity index (χ4n) is 3.89. The molecule has 0 spiro atoms. The van der Waals surface area contributed by atoms with Gasteiger partial charge >= 0.3 is 0 Å². The normalized spacial score (nSPS) is 21.7. The lowest BCUT2D eigenvalue weighted by molar-refractivity contribution is 0.0657. The van der Waals surface area contributed by atoms with Crippen molar-refractivity contribution in [2.45, 2.75) is 38.8 Å². The zero-order valence-corrected chi connectivity index (χ0v) is 15.0. The van der Waals surface area contributed by atoms with Crippen molar-refractivity contribution in [3.63, 3.8) is 0 Å². The summed E-state index contributed by atoms with van der Waals surface area (Å²) in [4.78, 5) is 12.1. The molecule has 2 aliphatic rings. The Balaban J connectivity index is 1.51. The topological polar surface area (TPSA) is 46.4 Å². The van der Waals surface area contributed by atoms with E-state index in [4.69, 9.17) is 0 Å². The zero-order chi connectivity index (χ0) is 16.9. The van der Waals surface area contributed by atoms with Gasteiger partial charge in [-0.1, -0.05) is 6.92 Å². The highest BCUT2D eigenvalue weighted by Gasteiger charge is 2.26. The average molecular weight is 327 g/mol. The molecule has 0 unspecified atom stereocenters. The number of nitrogens with zero attached hydrogens (tertiary/aromatic N) is 5. The highest BCUT2D eigenvalue weighted by Crippen LogP contribution is 2.20. The summed E-state index contributed by atoms with van der Waals surface area (Å²) in [5.74, 6) is 0. The van der Waals surface area contributed by atoms with Gasteiger partial charge < -0.3 is 4.90 Å². The van der Waals surface area contributed by atoms with Crippen molar-refractivity contribution in [1.29, 1.82) is 5.26 Å². The van der Waals surface area contributed by atoms with Crippen LogP contribution in [0.2, 0.25) is 0 Å². The molecule has 0 N–H and O–H groups in total. The van der Waals surface area contributed by atoms with E-state index < -0.39 is 0 Å². The summed E-state index contributed by atoms with van der Waals surface area (Å²) >= 11 is 0. The maximum Gasteiger partial charge on any atom is 0.101 e. The molecule has 5 heteroatoms. The van der Waals surface area contributed by atoms with Crippen LogP contribution in [0.1, 0.15) is 36.6 Å². The molecule has 24 heavy (non-hydrogen) atoms. The summed E-state index contributed by atoms with van der Waals surface area (Å²) in [5.41, 5.74) is 2.82. The monoisotopic (exact) mass is 327 g/mol. The van der Waals surface area contributed by atoms with Crippen molar-refractivity contribution in [3.05, 3.63) is 29.1 Å². The molecule has 0 amide bonds. The number of likely N-dealkylation sites (N-methyl/N-ethyl adjacent to an activating group) is 1. The third-order valence-electron chi connectivity index (χ3n) is 5.50. The third kappa shape index (κ3) is 4.13. The molecule has 0 radical (unpaired) electrons. The van der Waals surface area contributed by atoms with E-state index in [9.17, 15) is 5.26 Å². The summed E-state index contributed by atoms with van der Waals surface area (Å²) in [6, 6.07) is 5.07. The van der Waals surface area contributed by atoms with Gasteiger partial charge in [-0.15, -0.1) is 0 Å². The lowest BCUT2D eigenvalue weighted by Crippen LogP contribution is -2.52. The molecule has 1 aromatic rings. The highest BCUT2D eigenvalue weighted by molar-refractivity contribution is 5.35. The van der Waals surface area contributed by atoms with Gasteiger partial charge in [-0.05, 0) is 51.0 Å². The Labute approximate surface area is 145 Å². The molecule has 0 bridgehead atoms. The molecule has 1 aromatic heterocycles. The first-order chi connectivity index (χ1) is 11.7. The van der Waals surface area contributed by atoms with E-state index >= 15 is 0 Å². The van der Waals surface area contributed by atoms with Gasteiger partial charge in [0.1, 0.15) is 6.07 Å². The molecule has 2 saturated heterocycles. The fourth-order valence-corrected chi connectivity index (χ4v) is 3.89. The smallest absolute Gasteiger partial charge is 0.101 e. The Morgan fingerprint density at radius 3 is 2.50 bits per heavy atom. The summed E-state index contributed by atoms with van der Waals surface area (Å²) in [6.07, 6.45) is 5.29. The molecule has 0 aromatic carbocycles. The first kappa shape index (κ1) is 17.3. The zero-order valence-electron chi connectivity index (χ0n) is 15.0. The molecule has 2 fully saturated rings. The van der Waals surface area contributed by atoms with Gasteiger partial charge in [-0.2, -0.15) is 5.26 Å². The SMILES string of the molecule is CCc1ncc(CN2CCC(N3CCN(C)CC3)CC2)cc1C#N. The van der Waals surface area contributed by atoms with Gasteiger partial charge in [0.2, 0.25) is 0 Å². The average Bonchev–Trinajstić information content (AvgIpc) is 2.63. The largest absolute Gasteiger partial charge is 0.304 e. The van der Waals surface area contributed by atoms with Gasteiger partial charge in [0.25, 0.3) is 0 Å². The number of pyridine rings is 1. The lowest BCUT2D eigenvalue weighted by Gasteiger charge is -2.42. The van der Waals surface area contributed by atoms with Crippen LogP contribution in [-0.4, -0.2) is 72.0 Å². The van der Waals surface area contributed by atoms with Crippen molar-refractivity contribution in [1.82, 2.24) is 19.7 Å². The molecule has 5 nitrogen and oxygen atoms in total. The van der Waals surface area contributed by atoms with Crippen molar-refractivity contribution in [2.24, 2.45) is 0 Å². The number of rotatable bonds is 4. The van der Waals surface area contributed by atoms with E-state index in [2.05, 4.69) is 32.8 Å². The van der Waals surface area contributed by atoms with E-state index in [1.165, 1.54) is 44.6 Å². The number of aryl methyl sites for hydroxylation is 1. The second-order valence-corrected chi connectivity index (χ2v) is 7.15. The predicted octanol–water partition coefficient (Wildman–Crippen LogP) is 1.73. The van der Waals surface area contributed by atoms with Crippen LogP contribution < -0.4 is 0 Å². The number of piperazine rings is 1. The summed E-state index contributed by atoms with van der Waals surface area (Å²) in [7, 11) is 2.22. The number of likely N-dealkylation sites (tertiary alicyclic amines) is 1. The Morgan fingerprint density at radius 1 is 1.17 bits per heavy atom. The number of aromatic nitrogens is 1. The van der Waals surface area contributed by atoms with Crippen molar-refractivity contribution >= 4 is 0 Å². The van der Waals surface area contributed by atoms with Gasteiger partial charge in [0.05, 0.1) is 11.3 Å². The molecule has 3 rings (SSSR count). The minimum absolute atomic E-state index is 0.738. The minimum atomic E-state index is 0.738. The Bertz CT molecular complexity index is 578.